The largest absolute Gasteiger partial charge is 0.379 e. The molecule has 2 aliphatic rings. The van der Waals surface area contributed by atoms with Crippen LogP contribution in [0.4, 0.5) is 11.4 Å². The van der Waals surface area contributed by atoms with E-state index in [2.05, 4.69) is 51.2 Å². The number of rotatable bonds is 6. The van der Waals surface area contributed by atoms with Crippen LogP contribution in [0.1, 0.15) is 76.0 Å². The molecule has 0 bridgehead atoms. The van der Waals surface area contributed by atoms with Gasteiger partial charge in [0, 0.05) is 12.6 Å². The van der Waals surface area contributed by atoms with Gasteiger partial charge in [0.25, 0.3) is 5.69 Å². The Morgan fingerprint density at radius 3 is 2.50 bits per heavy atom. The molecular weight excluding hydrogens is 444 g/mol. The molecule has 0 heterocycles. The van der Waals surface area contributed by atoms with Gasteiger partial charge < -0.3 is 5.32 Å². The molecule has 3 aromatic rings. The predicted octanol–water partition coefficient (Wildman–Crippen LogP) is 8.51. The lowest BCUT2D eigenvalue weighted by atomic mass is 9.49. The molecule has 0 radical (unpaired) electrons. The van der Waals surface area contributed by atoms with Crippen LogP contribution in [0.2, 0.25) is 0 Å². The van der Waals surface area contributed by atoms with Crippen LogP contribution in [0.5, 0.6) is 0 Å². The smallest absolute Gasteiger partial charge is 0.292 e. The minimum atomic E-state index is -0.259. The van der Waals surface area contributed by atoms with E-state index in [1.165, 1.54) is 36.0 Å². The van der Waals surface area contributed by atoms with Crippen LogP contribution in [-0.4, -0.2) is 11.5 Å². The molecule has 0 aliphatic heterocycles. The van der Waals surface area contributed by atoms with Gasteiger partial charge in [-0.3, -0.25) is 10.1 Å². The van der Waals surface area contributed by atoms with Gasteiger partial charge in [0.05, 0.1) is 4.92 Å². The molecule has 0 amide bonds. The van der Waals surface area contributed by atoms with Crippen molar-refractivity contribution in [2.45, 2.75) is 71.1 Å². The van der Waals surface area contributed by atoms with E-state index in [4.69, 9.17) is 0 Å². The van der Waals surface area contributed by atoms with Crippen molar-refractivity contribution in [1.82, 2.24) is 0 Å². The Kier molecular flexibility index (Phi) is 6.40. The van der Waals surface area contributed by atoms with Crippen LogP contribution < -0.4 is 5.32 Å². The Balaban J connectivity index is 1.41. The number of hydrogen-bond acceptors (Lipinski definition) is 3. The average molecular weight is 483 g/mol. The third kappa shape index (κ3) is 4.31. The number of nitro benzene ring substituents is 1. The molecule has 0 aromatic heterocycles. The van der Waals surface area contributed by atoms with E-state index in [1.54, 1.807) is 6.07 Å². The molecule has 1 fully saturated rings. The van der Waals surface area contributed by atoms with Crippen LogP contribution in [0.15, 0.2) is 66.7 Å². The van der Waals surface area contributed by atoms with Gasteiger partial charge in [-0.05, 0) is 82.2 Å². The Morgan fingerprint density at radius 1 is 1.00 bits per heavy atom. The van der Waals surface area contributed by atoms with Crippen LogP contribution >= 0.6 is 0 Å². The monoisotopic (exact) mass is 482 g/mol. The van der Waals surface area contributed by atoms with Gasteiger partial charge in [-0.25, -0.2) is 0 Å². The topological polar surface area (TPSA) is 55.2 Å². The van der Waals surface area contributed by atoms with E-state index in [0.29, 0.717) is 17.5 Å². The molecule has 5 rings (SSSR count). The minimum absolute atomic E-state index is 0.0768. The van der Waals surface area contributed by atoms with Crippen molar-refractivity contribution in [2.75, 3.05) is 11.9 Å². The molecule has 1 saturated carbocycles. The molecule has 0 unspecified atom stereocenters. The maximum atomic E-state index is 12.0. The minimum Gasteiger partial charge on any atom is -0.379 e. The van der Waals surface area contributed by atoms with Crippen molar-refractivity contribution < 1.29 is 4.92 Å². The summed E-state index contributed by atoms with van der Waals surface area (Å²) in [5.41, 5.74) is 7.35. The number of nitrogens with zero attached hydrogens (tertiary/aromatic N) is 1. The van der Waals surface area contributed by atoms with Gasteiger partial charge >= 0.3 is 0 Å². The van der Waals surface area contributed by atoms with Crippen LogP contribution in [0.3, 0.4) is 0 Å². The Labute approximate surface area is 215 Å². The van der Waals surface area contributed by atoms with Crippen molar-refractivity contribution in [3.05, 3.63) is 93.5 Å². The summed E-state index contributed by atoms with van der Waals surface area (Å²) in [7, 11) is 0. The van der Waals surface area contributed by atoms with Crippen molar-refractivity contribution >= 4 is 11.4 Å². The first kappa shape index (κ1) is 24.5. The van der Waals surface area contributed by atoms with E-state index >= 15 is 0 Å². The number of hydrogen-bond donors (Lipinski definition) is 1. The molecule has 36 heavy (non-hydrogen) atoms. The summed E-state index contributed by atoms with van der Waals surface area (Å²) in [4.78, 5) is 11.7. The zero-order valence-corrected chi connectivity index (χ0v) is 22.0. The summed E-state index contributed by atoms with van der Waals surface area (Å²) in [5.74, 6) is 1.09. The molecule has 2 aliphatic carbocycles. The SMILES string of the molecule is CC(C)c1ccc2c(c1)CC[C@H]1[C@@](C)(CNc3ccc(-c4ccccc4)cc3[N+](=O)[O-])CCC[C@]21C. The number of nitrogens with one attached hydrogen (secondary N) is 1. The fraction of sp³-hybridized carbons (Fsp3) is 0.438. The van der Waals surface area contributed by atoms with Crippen molar-refractivity contribution in [2.24, 2.45) is 11.3 Å². The zero-order valence-electron chi connectivity index (χ0n) is 22.0. The normalized spacial score (nSPS) is 25.2. The van der Waals surface area contributed by atoms with E-state index in [0.717, 1.165) is 30.5 Å². The highest BCUT2D eigenvalue weighted by Crippen LogP contribution is 2.57. The first-order valence-corrected chi connectivity index (χ1v) is 13.4. The maximum Gasteiger partial charge on any atom is 0.292 e. The summed E-state index contributed by atoms with van der Waals surface area (Å²) >= 11 is 0. The van der Waals surface area contributed by atoms with Crippen molar-refractivity contribution in [3.8, 4) is 11.1 Å². The standard InChI is InChI=1S/C32H38N2O2/c1-22(2)24-11-14-27-26(19-24)13-16-30-31(3,17-8-18-32(27,30)4)21-33-28-15-12-25(20-29(28)34(35)36)23-9-6-5-7-10-23/h5-7,9-12,14-15,19-20,22,30,33H,8,13,16-18,21H2,1-4H3/t30-,31+,32+/m0/s1. The third-order valence-corrected chi connectivity index (χ3v) is 9.15. The van der Waals surface area contributed by atoms with Crippen LogP contribution in [0, 0.1) is 21.4 Å². The molecule has 188 valence electrons. The number of fused-ring (bicyclic) bond motifs is 3. The number of anilines is 1. The van der Waals surface area contributed by atoms with E-state index in [1.807, 2.05) is 42.5 Å². The van der Waals surface area contributed by atoms with E-state index in [9.17, 15) is 10.1 Å². The molecule has 1 N–H and O–H groups in total. The molecular formula is C32H38N2O2. The molecule has 0 spiro atoms. The first-order chi connectivity index (χ1) is 17.2. The first-order valence-electron chi connectivity index (χ1n) is 13.4. The lowest BCUT2D eigenvalue weighted by molar-refractivity contribution is -0.383. The summed E-state index contributed by atoms with van der Waals surface area (Å²) in [5, 5.41) is 15.5. The summed E-state index contributed by atoms with van der Waals surface area (Å²) in [6, 6.07) is 22.6. The fourth-order valence-corrected chi connectivity index (χ4v) is 7.15. The number of nitro groups is 1. The van der Waals surface area contributed by atoms with E-state index in [-0.39, 0.29) is 21.4 Å². The Bertz CT molecular complexity index is 1270. The van der Waals surface area contributed by atoms with Gasteiger partial charge in [-0.1, -0.05) is 88.7 Å². The molecule has 3 aromatic carbocycles. The van der Waals surface area contributed by atoms with E-state index < -0.39 is 0 Å². The van der Waals surface area contributed by atoms with Crippen LogP contribution in [0.25, 0.3) is 11.1 Å². The molecule has 0 saturated heterocycles. The van der Waals surface area contributed by atoms with Gasteiger partial charge in [0.1, 0.15) is 5.69 Å². The molecule has 3 atom stereocenters. The predicted molar refractivity (Wildman–Crippen MR) is 149 cm³/mol. The van der Waals surface area contributed by atoms with Gasteiger partial charge in [-0.15, -0.1) is 0 Å². The molecule has 4 nitrogen and oxygen atoms in total. The Morgan fingerprint density at radius 2 is 1.78 bits per heavy atom. The lowest BCUT2D eigenvalue weighted by Crippen LogP contribution is -2.51. The van der Waals surface area contributed by atoms with Crippen molar-refractivity contribution in [1.29, 1.82) is 0 Å². The number of aryl methyl sites for hydroxylation is 1. The highest BCUT2D eigenvalue weighted by molar-refractivity contribution is 5.73. The summed E-state index contributed by atoms with van der Waals surface area (Å²) < 4.78 is 0. The highest BCUT2D eigenvalue weighted by Gasteiger charge is 2.51. The summed E-state index contributed by atoms with van der Waals surface area (Å²) in [6.45, 7) is 10.2. The van der Waals surface area contributed by atoms with Gasteiger partial charge in [0.2, 0.25) is 0 Å². The lowest BCUT2D eigenvalue weighted by Gasteiger charge is -2.55. The van der Waals surface area contributed by atoms with Gasteiger partial charge in [-0.2, -0.15) is 0 Å². The van der Waals surface area contributed by atoms with Crippen LogP contribution in [-0.2, 0) is 11.8 Å². The molecule has 4 heteroatoms. The quantitative estimate of drug-likeness (QED) is 0.283. The summed E-state index contributed by atoms with van der Waals surface area (Å²) in [6.07, 6.45) is 5.85. The zero-order chi connectivity index (χ0) is 25.5. The maximum absolute atomic E-state index is 12.0. The number of benzene rings is 3. The van der Waals surface area contributed by atoms with Crippen molar-refractivity contribution in [3.63, 3.8) is 0 Å². The Hall–Kier alpha value is -3.14. The second-order valence-electron chi connectivity index (χ2n) is 11.8. The second kappa shape index (κ2) is 9.38. The fourth-order valence-electron chi connectivity index (χ4n) is 7.15. The average Bonchev–Trinajstić information content (AvgIpc) is 2.87. The third-order valence-electron chi connectivity index (χ3n) is 9.15. The highest BCUT2D eigenvalue weighted by atomic mass is 16.6. The van der Waals surface area contributed by atoms with Gasteiger partial charge in [0.15, 0.2) is 0 Å². The second-order valence-corrected chi connectivity index (χ2v) is 11.8.